The summed E-state index contributed by atoms with van der Waals surface area (Å²) in [7, 11) is 3.28. The topological polar surface area (TPSA) is 43.4 Å². The Hall–Kier alpha value is -2.27. The molecule has 0 fully saturated rings. The molecule has 4 nitrogen and oxygen atoms in total. The summed E-state index contributed by atoms with van der Waals surface area (Å²) in [5, 5.41) is 4.16. The van der Waals surface area contributed by atoms with Crippen molar-refractivity contribution < 1.29 is 9.47 Å². The number of rotatable bonds is 4. The highest BCUT2D eigenvalue weighted by molar-refractivity contribution is 7.22. The van der Waals surface area contributed by atoms with Gasteiger partial charge in [0.05, 0.1) is 30.1 Å². The Bertz CT molecular complexity index is 783. The molecule has 2 aromatic carbocycles. The third-order valence-electron chi connectivity index (χ3n) is 3.19. The molecule has 0 aliphatic carbocycles. The molecule has 21 heavy (non-hydrogen) atoms. The number of benzene rings is 2. The lowest BCUT2D eigenvalue weighted by atomic mass is 10.2. The Labute approximate surface area is 127 Å². The molecule has 0 saturated heterocycles. The fraction of sp³-hybridized carbons (Fsp3) is 0.188. The van der Waals surface area contributed by atoms with E-state index in [2.05, 4.69) is 29.4 Å². The molecular weight excluding hydrogens is 284 g/mol. The van der Waals surface area contributed by atoms with Crippen molar-refractivity contribution in [2.24, 2.45) is 0 Å². The number of hydrogen-bond acceptors (Lipinski definition) is 5. The van der Waals surface area contributed by atoms with Crippen LogP contribution in [-0.4, -0.2) is 19.2 Å². The Kier molecular flexibility index (Phi) is 3.66. The van der Waals surface area contributed by atoms with Crippen molar-refractivity contribution >= 4 is 32.4 Å². The first-order valence-corrected chi connectivity index (χ1v) is 7.37. The highest BCUT2D eigenvalue weighted by Crippen LogP contribution is 2.34. The number of ether oxygens (including phenoxy) is 2. The van der Waals surface area contributed by atoms with Gasteiger partial charge in [0.15, 0.2) is 5.13 Å². The number of aromatic nitrogens is 1. The molecule has 0 atom stereocenters. The maximum Gasteiger partial charge on any atom is 0.188 e. The standard InChI is InChI=1S/C16H16N2O2S/c1-10-4-6-13-15(8-10)21-16(18-13)17-12-7-5-11(19-2)9-14(12)20-3/h4-9H,1-3H3,(H,17,18). The zero-order valence-electron chi connectivity index (χ0n) is 12.1. The van der Waals surface area contributed by atoms with E-state index in [4.69, 9.17) is 9.47 Å². The van der Waals surface area contributed by atoms with Gasteiger partial charge in [-0.05, 0) is 36.8 Å². The molecule has 0 aliphatic rings. The third-order valence-corrected chi connectivity index (χ3v) is 4.13. The minimum atomic E-state index is 0.727. The monoisotopic (exact) mass is 300 g/mol. The van der Waals surface area contributed by atoms with Crippen LogP contribution in [0.1, 0.15) is 5.56 Å². The van der Waals surface area contributed by atoms with Gasteiger partial charge in [-0.2, -0.15) is 0 Å². The summed E-state index contributed by atoms with van der Waals surface area (Å²) in [5.41, 5.74) is 3.11. The van der Waals surface area contributed by atoms with Gasteiger partial charge in [0.25, 0.3) is 0 Å². The zero-order valence-corrected chi connectivity index (χ0v) is 13.0. The Morgan fingerprint density at radius 1 is 1.05 bits per heavy atom. The Morgan fingerprint density at radius 3 is 2.67 bits per heavy atom. The van der Waals surface area contributed by atoms with Crippen LogP contribution < -0.4 is 14.8 Å². The first-order chi connectivity index (χ1) is 10.2. The van der Waals surface area contributed by atoms with Crippen molar-refractivity contribution in [1.82, 2.24) is 4.98 Å². The van der Waals surface area contributed by atoms with Gasteiger partial charge >= 0.3 is 0 Å². The number of anilines is 2. The molecule has 0 radical (unpaired) electrons. The molecule has 0 spiro atoms. The van der Waals surface area contributed by atoms with Crippen molar-refractivity contribution in [2.75, 3.05) is 19.5 Å². The first-order valence-electron chi connectivity index (χ1n) is 6.56. The number of nitrogens with one attached hydrogen (secondary N) is 1. The van der Waals surface area contributed by atoms with Crippen LogP contribution in [-0.2, 0) is 0 Å². The molecule has 0 amide bonds. The zero-order chi connectivity index (χ0) is 14.8. The van der Waals surface area contributed by atoms with E-state index in [0.717, 1.165) is 27.8 Å². The summed E-state index contributed by atoms with van der Waals surface area (Å²) in [6.45, 7) is 2.08. The van der Waals surface area contributed by atoms with Crippen molar-refractivity contribution in [3.8, 4) is 11.5 Å². The van der Waals surface area contributed by atoms with Crippen molar-refractivity contribution in [2.45, 2.75) is 6.92 Å². The van der Waals surface area contributed by atoms with Crippen LogP contribution in [0, 0.1) is 6.92 Å². The number of thiazole rings is 1. The normalized spacial score (nSPS) is 10.6. The van der Waals surface area contributed by atoms with Crippen LogP contribution in [0.3, 0.4) is 0 Å². The molecule has 0 bridgehead atoms. The Morgan fingerprint density at radius 2 is 1.90 bits per heavy atom. The fourth-order valence-electron chi connectivity index (χ4n) is 2.10. The molecule has 1 heterocycles. The second-order valence-corrected chi connectivity index (χ2v) is 5.71. The van der Waals surface area contributed by atoms with Gasteiger partial charge in [-0.25, -0.2) is 4.98 Å². The lowest BCUT2D eigenvalue weighted by Gasteiger charge is -2.10. The Balaban J connectivity index is 1.94. The van der Waals surface area contributed by atoms with Crippen LogP contribution in [0.2, 0.25) is 0 Å². The second-order valence-electron chi connectivity index (χ2n) is 4.68. The van der Waals surface area contributed by atoms with Gasteiger partial charge in [-0.3, -0.25) is 0 Å². The lowest BCUT2D eigenvalue weighted by molar-refractivity contribution is 0.395. The molecule has 3 rings (SSSR count). The smallest absolute Gasteiger partial charge is 0.188 e. The average molecular weight is 300 g/mol. The maximum absolute atomic E-state index is 5.39. The second kappa shape index (κ2) is 5.61. The number of methoxy groups -OCH3 is 2. The van der Waals surface area contributed by atoms with E-state index in [1.54, 1.807) is 25.6 Å². The molecule has 1 aromatic heterocycles. The van der Waals surface area contributed by atoms with Crippen molar-refractivity contribution in [3.63, 3.8) is 0 Å². The van der Waals surface area contributed by atoms with Gasteiger partial charge in [-0.15, -0.1) is 0 Å². The summed E-state index contributed by atoms with van der Waals surface area (Å²) in [4.78, 5) is 4.59. The summed E-state index contributed by atoms with van der Waals surface area (Å²) in [5.74, 6) is 1.49. The van der Waals surface area contributed by atoms with E-state index in [1.165, 1.54) is 10.3 Å². The fourth-order valence-corrected chi connectivity index (χ4v) is 3.08. The predicted octanol–water partition coefficient (Wildman–Crippen LogP) is 4.37. The molecule has 0 saturated carbocycles. The SMILES string of the molecule is COc1ccc(Nc2nc3ccc(C)cc3s2)c(OC)c1. The van der Waals surface area contributed by atoms with Crippen LogP contribution in [0.25, 0.3) is 10.2 Å². The van der Waals surface area contributed by atoms with Crippen LogP contribution >= 0.6 is 11.3 Å². The summed E-state index contributed by atoms with van der Waals surface area (Å²) in [6, 6.07) is 11.9. The van der Waals surface area contributed by atoms with Crippen molar-refractivity contribution in [3.05, 3.63) is 42.0 Å². The molecule has 108 valence electrons. The van der Waals surface area contributed by atoms with Gasteiger partial charge < -0.3 is 14.8 Å². The van der Waals surface area contributed by atoms with E-state index in [-0.39, 0.29) is 0 Å². The maximum atomic E-state index is 5.39. The summed E-state index contributed by atoms with van der Waals surface area (Å²) in [6.07, 6.45) is 0. The highest BCUT2D eigenvalue weighted by atomic mass is 32.1. The van der Waals surface area contributed by atoms with Gasteiger partial charge in [-0.1, -0.05) is 17.4 Å². The largest absolute Gasteiger partial charge is 0.497 e. The van der Waals surface area contributed by atoms with E-state index in [9.17, 15) is 0 Å². The minimum absolute atomic E-state index is 0.727. The van der Waals surface area contributed by atoms with Crippen LogP contribution in [0.4, 0.5) is 10.8 Å². The molecule has 0 unspecified atom stereocenters. The highest BCUT2D eigenvalue weighted by Gasteiger charge is 2.09. The molecule has 1 N–H and O–H groups in total. The predicted molar refractivity (Wildman–Crippen MR) is 87.2 cm³/mol. The summed E-state index contributed by atoms with van der Waals surface area (Å²) >= 11 is 1.63. The van der Waals surface area contributed by atoms with Gasteiger partial charge in [0, 0.05) is 6.07 Å². The molecular formula is C16H16N2O2S. The molecule has 5 heteroatoms. The number of nitrogens with zero attached hydrogens (tertiary/aromatic N) is 1. The number of fused-ring (bicyclic) bond motifs is 1. The van der Waals surface area contributed by atoms with E-state index < -0.39 is 0 Å². The molecule has 3 aromatic rings. The number of hydrogen-bond donors (Lipinski definition) is 1. The van der Waals surface area contributed by atoms with Crippen LogP contribution in [0.15, 0.2) is 36.4 Å². The summed E-state index contributed by atoms with van der Waals surface area (Å²) < 4.78 is 11.8. The first kappa shape index (κ1) is 13.7. The molecule has 0 aliphatic heterocycles. The van der Waals surface area contributed by atoms with E-state index in [0.29, 0.717) is 0 Å². The minimum Gasteiger partial charge on any atom is -0.497 e. The third kappa shape index (κ3) is 2.78. The van der Waals surface area contributed by atoms with Gasteiger partial charge in [0.1, 0.15) is 11.5 Å². The van der Waals surface area contributed by atoms with E-state index in [1.807, 2.05) is 24.3 Å². The van der Waals surface area contributed by atoms with Crippen molar-refractivity contribution in [1.29, 1.82) is 0 Å². The lowest BCUT2D eigenvalue weighted by Crippen LogP contribution is -1.95. The quantitative estimate of drug-likeness (QED) is 0.777. The number of aryl methyl sites for hydroxylation is 1. The average Bonchev–Trinajstić information content (AvgIpc) is 2.89. The van der Waals surface area contributed by atoms with E-state index >= 15 is 0 Å². The van der Waals surface area contributed by atoms with Gasteiger partial charge in [0.2, 0.25) is 0 Å². The van der Waals surface area contributed by atoms with Crippen LogP contribution in [0.5, 0.6) is 11.5 Å².